The second-order valence-corrected chi connectivity index (χ2v) is 18.8. The van der Waals surface area contributed by atoms with E-state index in [1.54, 1.807) is 24.3 Å². The lowest BCUT2D eigenvalue weighted by Gasteiger charge is -2.36. The number of sulfonamides is 1. The molecule has 0 radical (unpaired) electrons. The highest BCUT2D eigenvalue weighted by atomic mass is 32.2. The normalized spacial score (nSPS) is 22.1. The molecule has 320 valence electrons. The predicted octanol–water partition coefficient (Wildman–Crippen LogP) is 6.75. The van der Waals surface area contributed by atoms with Crippen LogP contribution in [0.5, 0.6) is 5.88 Å². The molecule has 2 saturated carbocycles. The van der Waals surface area contributed by atoms with Gasteiger partial charge in [0.05, 0.1) is 17.4 Å². The summed E-state index contributed by atoms with van der Waals surface area (Å²) >= 11 is 0. The number of nitrogens with one attached hydrogen (secondary N) is 3. The van der Waals surface area contributed by atoms with E-state index in [9.17, 15) is 40.4 Å². The summed E-state index contributed by atoms with van der Waals surface area (Å²) in [4.78, 5) is 53.5. The number of halogens is 4. The highest BCUT2D eigenvalue weighted by Crippen LogP contribution is 2.46. The minimum Gasteiger partial charge on any atom is -0.470 e. The van der Waals surface area contributed by atoms with Gasteiger partial charge in [-0.1, -0.05) is 51.1 Å². The topological polar surface area (TPSA) is 173 Å². The van der Waals surface area contributed by atoms with E-state index in [2.05, 4.69) is 31.9 Å². The fourth-order valence-electron chi connectivity index (χ4n) is 7.66. The number of rotatable bonds is 12. The van der Waals surface area contributed by atoms with Crippen LogP contribution in [-0.2, 0) is 30.6 Å². The van der Waals surface area contributed by atoms with Crippen molar-refractivity contribution in [3.8, 4) is 17.3 Å². The van der Waals surface area contributed by atoms with Gasteiger partial charge in [0.1, 0.15) is 40.6 Å². The lowest BCUT2D eigenvalue weighted by molar-refractivity contribution is -0.141. The number of amides is 3. The van der Waals surface area contributed by atoms with Crippen LogP contribution in [0, 0.1) is 17.2 Å². The third-order valence-electron chi connectivity index (χ3n) is 11.3. The van der Waals surface area contributed by atoms with E-state index in [1.807, 2.05) is 20.8 Å². The maximum Gasteiger partial charge on any atom is 0.416 e. The maximum absolute atomic E-state index is 14.8. The molecule has 61 heavy (non-hydrogen) atoms. The van der Waals surface area contributed by atoms with Gasteiger partial charge in [-0.3, -0.25) is 19.1 Å². The average Bonchev–Trinajstić information content (AvgIpc) is 4.11. The van der Waals surface area contributed by atoms with Crippen molar-refractivity contribution in [1.29, 1.82) is 0 Å². The van der Waals surface area contributed by atoms with Gasteiger partial charge in [0, 0.05) is 29.0 Å². The van der Waals surface area contributed by atoms with Crippen molar-refractivity contribution < 1.29 is 49.5 Å². The van der Waals surface area contributed by atoms with Crippen LogP contribution < -0.4 is 20.1 Å². The Morgan fingerprint density at radius 2 is 1.69 bits per heavy atom. The number of aromatic nitrogens is 2. The number of benzene rings is 3. The van der Waals surface area contributed by atoms with Crippen molar-refractivity contribution in [3.05, 3.63) is 96.8 Å². The molecular formula is C43H42F4N6O7S. The standard InChI is InChI=1S/C43H42F4N6O7S/c1-5-24-21-42(24,40(56)52-61(57,58)29-18-19-29)51-37(54)31-20-28(22-53(31)39(55)35(41(2,3)4)48-27-16-14-26(44)15-17-27)59-38-34-33(30-8-6-7-9-32(30)60-34)49-36(50-38)23-10-12-25(13-11-23)43(45,46)47/h5-17,24,28-29,31,35,48H,1,18-22H2,2-4H3,(H,51,54)(H,52,56)/t24-,28?,31?,35-,42?/m1/s1. The van der Waals surface area contributed by atoms with Gasteiger partial charge in [-0.2, -0.15) is 18.2 Å². The fraction of sp³-hybridized carbons (Fsp3) is 0.372. The molecule has 3 N–H and O–H groups in total. The molecule has 3 amide bonds. The molecule has 3 aliphatic rings. The summed E-state index contributed by atoms with van der Waals surface area (Å²) < 4.78 is 94.6. The first-order valence-electron chi connectivity index (χ1n) is 19.6. The number of alkyl halides is 3. The summed E-state index contributed by atoms with van der Waals surface area (Å²) in [5, 5.41) is 5.82. The summed E-state index contributed by atoms with van der Waals surface area (Å²) in [6.45, 7) is 9.01. The number of nitrogens with zero attached hydrogens (tertiary/aromatic N) is 3. The zero-order chi connectivity index (χ0) is 43.6. The fourth-order valence-corrected chi connectivity index (χ4v) is 9.03. The summed E-state index contributed by atoms with van der Waals surface area (Å²) in [5.74, 6) is -3.34. The first kappa shape index (κ1) is 41.7. The number of fused-ring (bicyclic) bond motifs is 3. The number of likely N-dealkylation sites (tertiary alicyclic amines) is 1. The zero-order valence-corrected chi connectivity index (χ0v) is 34.1. The number of ether oxygens (including phenoxy) is 1. The smallest absolute Gasteiger partial charge is 0.416 e. The average molecular weight is 863 g/mol. The van der Waals surface area contributed by atoms with Crippen molar-refractivity contribution in [2.45, 2.75) is 81.6 Å². The van der Waals surface area contributed by atoms with Crippen molar-refractivity contribution >= 4 is 55.5 Å². The molecular weight excluding hydrogens is 821 g/mol. The van der Waals surface area contributed by atoms with Crippen LogP contribution >= 0.6 is 0 Å². The molecule has 8 rings (SSSR count). The van der Waals surface area contributed by atoms with Crippen molar-refractivity contribution in [2.24, 2.45) is 11.3 Å². The van der Waals surface area contributed by atoms with E-state index in [1.165, 1.54) is 47.4 Å². The van der Waals surface area contributed by atoms with E-state index < -0.39 is 85.6 Å². The van der Waals surface area contributed by atoms with Crippen LogP contribution in [0.4, 0.5) is 23.2 Å². The maximum atomic E-state index is 14.8. The molecule has 3 aromatic carbocycles. The van der Waals surface area contributed by atoms with Crippen molar-refractivity contribution in [2.75, 3.05) is 11.9 Å². The van der Waals surface area contributed by atoms with Gasteiger partial charge >= 0.3 is 6.18 Å². The SMILES string of the molecule is C=C[C@@H]1CC1(NC(=O)C1CC(Oc2nc(-c3ccc(C(F)(F)F)cc3)nc3c2oc2ccccc23)CN1C(=O)[C@@H](Nc1ccc(F)cc1)C(C)(C)C)C(=O)NS(=O)(=O)C1CC1. The highest BCUT2D eigenvalue weighted by molar-refractivity contribution is 7.91. The number of para-hydroxylation sites is 1. The predicted molar refractivity (Wildman–Crippen MR) is 217 cm³/mol. The number of carbonyl (C=O) groups excluding carboxylic acids is 3. The Labute approximate surface area is 348 Å². The number of hydrogen-bond acceptors (Lipinski definition) is 10. The molecule has 3 unspecified atom stereocenters. The summed E-state index contributed by atoms with van der Waals surface area (Å²) in [5.41, 5.74) is -1.75. The minimum absolute atomic E-state index is 0.0256. The van der Waals surface area contributed by atoms with Crippen LogP contribution in [0.25, 0.3) is 33.5 Å². The summed E-state index contributed by atoms with van der Waals surface area (Å²) in [6, 6.07) is 14.4. The number of anilines is 1. The Bertz CT molecular complexity index is 2660. The third-order valence-corrected chi connectivity index (χ3v) is 13.1. The quantitative estimate of drug-likeness (QED) is 0.0901. The molecule has 5 atom stereocenters. The Balaban J connectivity index is 1.15. The Morgan fingerprint density at radius 3 is 2.31 bits per heavy atom. The molecule has 18 heteroatoms. The highest BCUT2D eigenvalue weighted by Gasteiger charge is 2.62. The Hall–Kier alpha value is -6.04. The van der Waals surface area contributed by atoms with Gasteiger partial charge in [-0.05, 0) is 73.2 Å². The molecule has 1 saturated heterocycles. The van der Waals surface area contributed by atoms with Crippen LogP contribution in [0.3, 0.4) is 0 Å². The van der Waals surface area contributed by atoms with Gasteiger partial charge in [0.25, 0.3) is 11.8 Å². The monoisotopic (exact) mass is 862 g/mol. The molecule has 2 aromatic heterocycles. The van der Waals surface area contributed by atoms with Gasteiger partial charge < -0.3 is 24.7 Å². The summed E-state index contributed by atoms with van der Waals surface area (Å²) in [7, 11) is -3.98. The number of furan rings is 1. The van der Waals surface area contributed by atoms with Crippen LogP contribution in [0.2, 0.25) is 0 Å². The van der Waals surface area contributed by atoms with E-state index in [0.717, 1.165) is 12.1 Å². The number of hydrogen-bond donors (Lipinski definition) is 3. The molecule has 3 heterocycles. The van der Waals surface area contributed by atoms with Crippen molar-refractivity contribution in [3.63, 3.8) is 0 Å². The van der Waals surface area contributed by atoms with Crippen LogP contribution in [-0.4, -0.2) is 76.5 Å². The lowest BCUT2D eigenvalue weighted by Crippen LogP contribution is -2.58. The van der Waals surface area contributed by atoms with E-state index in [4.69, 9.17) is 9.15 Å². The molecule has 1 aliphatic heterocycles. The minimum atomic E-state index is -4.57. The first-order chi connectivity index (χ1) is 28.8. The molecule has 13 nitrogen and oxygen atoms in total. The number of carbonyl (C=O) groups is 3. The molecule has 0 spiro atoms. The Kier molecular flexibility index (Phi) is 10.4. The second-order valence-electron chi connectivity index (χ2n) is 16.8. The molecule has 5 aromatic rings. The second kappa shape index (κ2) is 15.1. The molecule has 2 aliphatic carbocycles. The molecule has 3 fully saturated rings. The third kappa shape index (κ3) is 8.24. The van der Waals surface area contributed by atoms with Crippen LogP contribution in [0.1, 0.15) is 52.0 Å². The first-order valence-corrected chi connectivity index (χ1v) is 21.2. The largest absolute Gasteiger partial charge is 0.470 e. The zero-order valence-electron chi connectivity index (χ0n) is 33.3. The van der Waals surface area contributed by atoms with E-state index >= 15 is 0 Å². The van der Waals surface area contributed by atoms with Gasteiger partial charge in [0.2, 0.25) is 27.4 Å². The van der Waals surface area contributed by atoms with Crippen molar-refractivity contribution in [1.82, 2.24) is 24.9 Å². The van der Waals surface area contributed by atoms with E-state index in [0.29, 0.717) is 35.0 Å². The Morgan fingerprint density at radius 1 is 1.00 bits per heavy atom. The van der Waals surface area contributed by atoms with Crippen LogP contribution in [0.15, 0.2) is 89.9 Å². The van der Waals surface area contributed by atoms with E-state index in [-0.39, 0.29) is 42.2 Å². The molecule has 0 bridgehead atoms. The van der Waals surface area contributed by atoms with Gasteiger partial charge in [-0.25, -0.2) is 17.8 Å². The van der Waals surface area contributed by atoms with Gasteiger partial charge in [0.15, 0.2) is 5.82 Å². The summed E-state index contributed by atoms with van der Waals surface area (Å²) in [6.07, 6.45) is -3.31. The lowest BCUT2D eigenvalue weighted by atomic mass is 9.85. The van der Waals surface area contributed by atoms with Gasteiger partial charge in [-0.15, -0.1) is 6.58 Å².